The Morgan fingerprint density at radius 3 is 2.67 bits per heavy atom. The minimum Gasteiger partial charge on any atom is -0.265 e. The first kappa shape index (κ1) is 13.3. The second-order valence-electron chi connectivity index (χ2n) is 3.64. The molecular formula is C14H16IN3. The third-order valence-electron chi connectivity index (χ3n) is 2.58. The number of allylic oxidation sites excluding steroid dienone is 1. The highest BCUT2D eigenvalue weighted by Gasteiger charge is 2.21. The normalized spacial score (nSPS) is 17.1. The molecule has 1 aromatic carbocycles. The van der Waals surface area contributed by atoms with Gasteiger partial charge in [0.2, 0.25) is 0 Å². The van der Waals surface area contributed by atoms with Gasteiger partial charge in [-0.1, -0.05) is 44.2 Å². The number of fused-ring (bicyclic) bond motifs is 1. The maximum atomic E-state index is 4.47. The van der Waals surface area contributed by atoms with E-state index in [1.54, 1.807) is 0 Å². The molecule has 4 heteroatoms. The topological polar surface area (TPSA) is 27.6 Å². The van der Waals surface area contributed by atoms with Gasteiger partial charge in [-0.2, -0.15) is 0 Å². The van der Waals surface area contributed by atoms with Crippen LogP contribution >= 0.6 is 22.6 Å². The first-order chi connectivity index (χ1) is 8.84. The van der Waals surface area contributed by atoms with Crippen LogP contribution in [0.15, 0.2) is 50.9 Å². The number of hydrogen-bond donors (Lipinski definition) is 1. The van der Waals surface area contributed by atoms with Crippen LogP contribution in [0.25, 0.3) is 5.57 Å². The summed E-state index contributed by atoms with van der Waals surface area (Å²) in [7, 11) is 0. The number of nitrogens with one attached hydrogen (secondary N) is 1. The molecule has 0 radical (unpaired) electrons. The van der Waals surface area contributed by atoms with Crippen molar-refractivity contribution in [3.63, 3.8) is 0 Å². The van der Waals surface area contributed by atoms with E-state index >= 15 is 0 Å². The first-order valence-electron chi connectivity index (χ1n) is 6.07. The van der Waals surface area contributed by atoms with Gasteiger partial charge in [-0.15, -0.1) is 0 Å². The summed E-state index contributed by atoms with van der Waals surface area (Å²) in [4.78, 5) is 4.47. The molecule has 0 unspecified atom stereocenters. The lowest BCUT2D eigenvalue weighted by molar-refractivity contribution is 0.385. The van der Waals surface area contributed by atoms with Crippen molar-refractivity contribution >= 4 is 34.4 Å². The van der Waals surface area contributed by atoms with Gasteiger partial charge in [-0.25, -0.2) is 10.4 Å². The van der Waals surface area contributed by atoms with Crippen molar-refractivity contribution in [1.82, 2.24) is 10.4 Å². The van der Waals surface area contributed by atoms with Crippen molar-refractivity contribution in [2.24, 2.45) is 4.99 Å². The van der Waals surface area contributed by atoms with Crippen LogP contribution in [-0.2, 0) is 0 Å². The second kappa shape index (κ2) is 6.15. The SMILES string of the molecule is CC.IC1=C2N=CC(c3ccccc3)=CN2NC1. The van der Waals surface area contributed by atoms with E-state index in [0.717, 1.165) is 17.9 Å². The minimum atomic E-state index is 0.867. The number of hydrogen-bond acceptors (Lipinski definition) is 3. The highest BCUT2D eigenvalue weighted by Crippen LogP contribution is 2.27. The zero-order valence-electron chi connectivity index (χ0n) is 10.5. The van der Waals surface area contributed by atoms with Gasteiger partial charge in [-0.05, 0) is 28.2 Å². The van der Waals surface area contributed by atoms with E-state index in [0.29, 0.717) is 0 Å². The molecule has 3 rings (SSSR count). The fourth-order valence-electron chi connectivity index (χ4n) is 1.76. The van der Waals surface area contributed by atoms with Crippen LogP contribution in [0, 0.1) is 0 Å². The lowest BCUT2D eigenvalue weighted by Crippen LogP contribution is -2.28. The molecule has 0 saturated heterocycles. The molecule has 1 aromatic rings. The molecule has 0 atom stereocenters. The zero-order chi connectivity index (χ0) is 13.0. The van der Waals surface area contributed by atoms with E-state index in [-0.39, 0.29) is 0 Å². The summed E-state index contributed by atoms with van der Waals surface area (Å²) in [6, 6.07) is 10.3. The van der Waals surface area contributed by atoms with Gasteiger partial charge in [0, 0.05) is 18.0 Å². The average molecular weight is 353 g/mol. The number of nitrogens with zero attached hydrogens (tertiary/aromatic N) is 2. The summed E-state index contributed by atoms with van der Waals surface area (Å²) in [6.07, 6.45) is 4.01. The number of aliphatic imine (C=N–C) groups is 1. The lowest BCUT2D eigenvalue weighted by Gasteiger charge is -2.19. The number of hydrazine groups is 1. The van der Waals surface area contributed by atoms with Gasteiger partial charge in [0.25, 0.3) is 0 Å². The van der Waals surface area contributed by atoms with Gasteiger partial charge in [-0.3, -0.25) is 5.01 Å². The summed E-state index contributed by atoms with van der Waals surface area (Å²) < 4.78 is 1.25. The standard InChI is InChI=1S/C12H10IN3.C2H6/c13-11-7-15-16-8-10(6-14-12(11)16)9-4-2-1-3-5-9;1-2/h1-6,8,15H,7H2;1-2H3. The molecule has 1 N–H and O–H groups in total. The maximum absolute atomic E-state index is 4.47. The first-order valence-corrected chi connectivity index (χ1v) is 7.15. The van der Waals surface area contributed by atoms with Crippen molar-refractivity contribution in [2.75, 3.05) is 6.54 Å². The van der Waals surface area contributed by atoms with Crippen LogP contribution in [0.3, 0.4) is 0 Å². The molecule has 2 aliphatic rings. The van der Waals surface area contributed by atoms with Crippen LogP contribution in [0.5, 0.6) is 0 Å². The molecule has 94 valence electrons. The molecule has 0 fully saturated rings. The van der Waals surface area contributed by atoms with Gasteiger partial charge in [0.15, 0.2) is 5.82 Å². The van der Waals surface area contributed by atoms with Gasteiger partial charge < -0.3 is 0 Å². The smallest absolute Gasteiger partial charge is 0.157 e. The monoisotopic (exact) mass is 353 g/mol. The van der Waals surface area contributed by atoms with Crippen LogP contribution < -0.4 is 5.43 Å². The molecule has 2 aliphatic heterocycles. The predicted molar refractivity (Wildman–Crippen MR) is 85.1 cm³/mol. The predicted octanol–water partition coefficient (Wildman–Crippen LogP) is 3.56. The fraction of sp³-hybridized carbons (Fsp3) is 0.214. The number of benzene rings is 1. The summed E-state index contributed by atoms with van der Waals surface area (Å²) in [5, 5.41) is 1.99. The summed E-state index contributed by atoms with van der Waals surface area (Å²) in [5.74, 6) is 1.01. The Bertz CT molecular complexity index is 503. The molecule has 0 saturated carbocycles. The third-order valence-corrected chi connectivity index (χ3v) is 3.44. The Balaban J connectivity index is 0.000000574. The molecule has 0 bridgehead atoms. The highest BCUT2D eigenvalue weighted by molar-refractivity contribution is 14.1. The summed E-state index contributed by atoms with van der Waals surface area (Å²) in [6.45, 7) is 4.87. The van der Waals surface area contributed by atoms with Gasteiger partial charge >= 0.3 is 0 Å². The van der Waals surface area contributed by atoms with Crippen molar-refractivity contribution in [3.05, 3.63) is 51.5 Å². The largest absolute Gasteiger partial charge is 0.265 e. The Hall–Kier alpha value is -1.14. The molecule has 3 nitrogen and oxygen atoms in total. The van der Waals surface area contributed by atoms with Gasteiger partial charge in [0.1, 0.15) is 0 Å². The van der Waals surface area contributed by atoms with Crippen molar-refractivity contribution in [2.45, 2.75) is 13.8 Å². The highest BCUT2D eigenvalue weighted by atomic mass is 127. The Morgan fingerprint density at radius 2 is 1.94 bits per heavy atom. The zero-order valence-corrected chi connectivity index (χ0v) is 12.7. The average Bonchev–Trinajstić information content (AvgIpc) is 2.83. The molecule has 0 aliphatic carbocycles. The van der Waals surface area contributed by atoms with Crippen LogP contribution in [0.2, 0.25) is 0 Å². The van der Waals surface area contributed by atoms with Gasteiger partial charge in [0.05, 0.1) is 10.1 Å². The number of rotatable bonds is 1. The Morgan fingerprint density at radius 1 is 1.22 bits per heavy atom. The Kier molecular flexibility index (Phi) is 4.54. The van der Waals surface area contributed by atoms with E-state index < -0.39 is 0 Å². The summed E-state index contributed by atoms with van der Waals surface area (Å²) in [5.41, 5.74) is 5.59. The fourth-order valence-corrected chi connectivity index (χ4v) is 2.33. The van der Waals surface area contributed by atoms with Crippen LogP contribution in [0.4, 0.5) is 0 Å². The van der Waals surface area contributed by atoms with Crippen LogP contribution in [0.1, 0.15) is 19.4 Å². The van der Waals surface area contributed by atoms with E-state index in [4.69, 9.17) is 0 Å². The second-order valence-corrected chi connectivity index (χ2v) is 4.94. The molecule has 18 heavy (non-hydrogen) atoms. The third kappa shape index (κ3) is 2.64. The quantitative estimate of drug-likeness (QED) is 0.782. The molecular weight excluding hydrogens is 337 g/mol. The van der Waals surface area contributed by atoms with E-state index in [1.807, 2.05) is 43.3 Å². The number of halogens is 1. The summed E-state index contributed by atoms with van der Waals surface area (Å²) >= 11 is 2.32. The molecule has 0 aromatic heterocycles. The molecule has 0 amide bonds. The van der Waals surface area contributed by atoms with E-state index in [1.165, 1.54) is 9.14 Å². The molecule has 0 spiro atoms. The van der Waals surface area contributed by atoms with Crippen molar-refractivity contribution in [1.29, 1.82) is 0 Å². The molecule has 2 heterocycles. The van der Waals surface area contributed by atoms with E-state index in [2.05, 4.69) is 51.3 Å². The maximum Gasteiger partial charge on any atom is 0.157 e. The van der Waals surface area contributed by atoms with Crippen molar-refractivity contribution < 1.29 is 0 Å². The van der Waals surface area contributed by atoms with E-state index in [9.17, 15) is 0 Å². The Labute approximate surface area is 121 Å². The lowest BCUT2D eigenvalue weighted by atomic mass is 10.1. The van der Waals surface area contributed by atoms with Crippen molar-refractivity contribution in [3.8, 4) is 0 Å². The van der Waals surface area contributed by atoms with Crippen LogP contribution in [-0.4, -0.2) is 17.8 Å². The minimum absolute atomic E-state index is 0.867.